The van der Waals surface area contributed by atoms with E-state index in [4.69, 9.17) is 24.7 Å². The number of nitrogens with zero attached hydrogens (tertiary/aromatic N) is 4. The summed E-state index contributed by atoms with van der Waals surface area (Å²) in [5.41, 5.74) is 18.6. The van der Waals surface area contributed by atoms with Crippen LogP contribution in [0.4, 0.5) is 0 Å². The molecule has 5 aromatic carbocycles. The molecule has 0 atom stereocenters. The van der Waals surface area contributed by atoms with Crippen molar-refractivity contribution in [1.82, 2.24) is 19.9 Å². The first kappa shape index (κ1) is 37.6. The molecule has 0 fully saturated rings. The molecule has 0 N–H and O–H groups in total. The van der Waals surface area contributed by atoms with E-state index in [0.717, 1.165) is 117 Å². The van der Waals surface area contributed by atoms with Gasteiger partial charge >= 0.3 is 17.1 Å². The minimum Gasteiger partial charge on any atom is -0.657 e. The van der Waals surface area contributed by atoms with Crippen LogP contribution in [0.15, 0.2) is 158 Å². The molecule has 287 valence electrons. The number of benzene rings is 5. The third-order valence-electron chi connectivity index (χ3n) is 10.9. The van der Waals surface area contributed by atoms with Crippen LogP contribution in [0.3, 0.4) is 0 Å². The van der Waals surface area contributed by atoms with Crippen molar-refractivity contribution in [3.05, 3.63) is 197 Å². The predicted octanol–water partition coefficient (Wildman–Crippen LogP) is 12.6. The molecule has 0 unspecified atom stereocenters. The fourth-order valence-corrected chi connectivity index (χ4v) is 8.40. The second kappa shape index (κ2) is 15.8. The van der Waals surface area contributed by atoms with E-state index in [1.807, 2.05) is 24.3 Å². The molecule has 0 amide bonds. The maximum atomic E-state index is 6.18. The summed E-state index contributed by atoms with van der Waals surface area (Å²) in [6.07, 6.45) is 6.42. The fraction of sp³-hybridized carbons (Fsp3) is 0.0566. The Morgan fingerprint density at radius 3 is 1.31 bits per heavy atom. The molecule has 0 aliphatic carbocycles. The van der Waals surface area contributed by atoms with E-state index in [1.54, 1.807) is 7.11 Å². The van der Waals surface area contributed by atoms with Crippen LogP contribution in [-0.4, -0.2) is 17.1 Å². The van der Waals surface area contributed by atoms with Gasteiger partial charge in [-0.05, 0) is 93.8 Å². The summed E-state index contributed by atoms with van der Waals surface area (Å²) >= 11 is 0. The molecule has 2 aliphatic rings. The number of aryl methyl sites for hydroxylation is 2. The quantitative estimate of drug-likeness (QED) is 0.157. The van der Waals surface area contributed by atoms with Crippen molar-refractivity contribution in [2.75, 3.05) is 7.11 Å². The van der Waals surface area contributed by atoms with Crippen LogP contribution in [-0.2, 0) is 17.1 Å². The van der Waals surface area contributed by atoms with E-state index in [1.165, 1.54) is 0 Å². The van der Waals surface area contributed by atoms with E-state index in [2.05, 4.69) is 166 Å². The minimum absolute atomic E-state index is 0. The minimum atomic E-state index is 0. The van der Waals surface area contributed by atoms with E-state index < -0.39 is 0 Å². The van der Waals surface area contributed by atoms with Crippen LogP contribution in [0.25, 0.3) is 90.4 Å². The summed E-state index contributed by atoms with van der Waals surface area (Å²) in [7, 11) is 1.74. The Kier molecular flexibility index (Phi) is 10.0. The number of hydrogen-bond acceptors (Lipinski definition) is 3. The molecular weight excluding hydrogens is 772 g/mol. The van der Waals surface area contributed by atoms with Crippen molar-refractivity contribution in [3.63, 3.8) is 0 Å². The van der Waals surface area contributed by atoms with Crippen LogP contribution in [0.2, 0.25) is 0 Å². The summed E-state index contributed by atoms with van der Waals surface area (Å²) in [5, 5.41) is 0. The molecule has 0 saturated heterocycles. The van der Waals surface area contributed by atoms with Gasteiger partial charge in [0, 0.05) is 11.1 Å². The average molecular weight is 810 g/mol. The Hall–Kier alpha value is -6.98. The van der Waals surface area contributed by atoms with Gasteiger partial charge in [0.2, 0.25) is 0 Å². The Morgan fingerprint density at radius 1 is 0.458 bits per heavy atom. The second-order valence-corrected chi connectivity index (χ2v) is 14.7. The molecule has 59 heavy (non-hydrogen) atoms. The summed E-state index contributed by atoms with van der Waals surface area (Å²) in [5.74, 6) is 0.815. The molecule has 8 bridgehead atoms. The molecule has 8 aromatic rings. The van der Waals surface area contributed by atoms with Crippen LogP contribution in [0.5, 0.6) is 5.75 Å². The topological polar surface area (TPSA) is 63.2 Å². The standard InChI is InChI=1S/C53H38N4O.Cu/c1-33-30-34(2)53(58-3)40(31-33)39-32-47-50(37-20-12-6-13-21-37)45-27-26-43(55-45)48(35-16-8-4-9-17-35)41-24-25-42(54-41)49(36-18-10-5-11-19-36)44-28-29-46(56-44)51(52(39)57-47)38-22-14-7-15-23-38;/h4-32H,1-3H3;/q-2;+2. The van der Waals surface area contributed by atoms with Gasteiger partial charge in [0.1, 0.15) is 5.75 Å². The van der Waals surface area contributed by atoms with Gasteiger partial charge in [-0.15, -0.1) is 22.1 Å². The summed E-state index contributed by atoms with van der Waals surface area (Å²) in [4.78, 5) is 22.0. The van der Waals surface area contributed by atoms with Crippen molar-refractivity contribution in [2.24, 2.45) is 0 Å². The maximum absolute atomic E-state index is 6.18. The number of hydrogen-bond donors (Lipinski definition) is 0. The van der Waals surface area contributed by atoms with E-state index in [-0.39, 0.29) is 17.1 Å². The monoisotopic (exact) mass is 809 g/mol. The molecular formula is C53H38CuN4O. The molecule has 5 nitrogen and oxygen atoms in total. The summed E-state index contributed by atoms with van der Waals surface area (Å²) in [6.45, 7) is 4.23. The van der Waals surface area contributed by atoms with Gasteiger partial charge in [0.15, 0.2) is 0 Å². The van der Waals surface area contributed by atoms with Crippen molar-refractivity contribution < 1.29 is 21.8 Å². The number of ether oxygens (including phenoxy) is 1. The van der Waals surface area contributed by atoms with E-state index in [0.29, 0.717) is 0 Å². The van der Waals surface area contributed by atoms with E-state index in [9.17, 15) is 0 Å². The van der Waals surface area contributed by atoms with Gasteiger partial charge in [-0.25, -0.2) is 9.97 Å². The van der Waals surface area contributed by atoms with Crippen LogP contribution in [0, 0.1) is 13.8 Å². The molecule has 0 saturated carbocycles. The van der Waals surface area contributed by atoms with Crippen molar-refractivity contribution >= 4 is 45.9 Å². The molecule has 6 heteroatoms. The normalized spacial score (nSPS) is 11.9. The zero-order chi connectivity index (χ0) is 39.2. The van der Waals surface area contributed by atoms with Crippen molar-refractivity contribution in [2.45, 2.75) is 13.8 Å². The zero-order valence-corrected chi connectivity index (χ0v) is 33.7. The van der Waals surface area contributed by atoms with Crippen LogP contribution in [0.1, 0.15) is 39.5 Å². The van der Waals surface area contributed by atoms with Gasteiger partial charge < -0.3 is 14.7 Å². The SMILES string of the molecule is COc1c(C)cc(C)cc1C1=Cc2nc1c(-c1ccccc1)c1ccc([n-]1)c(-c1ccccc1)c1nc(c(-c3ccccc3)c3ccc([n-]3)c2-c2ccccc2)C=C1.[Cu+2]. The molecule has 0 spiro atoms. The average Bonchev–Trinajstić information content (AvgIpc) is 4.10. The summed E-state index contributed by atoms with van der Waals surface area (Å²) in [6, 6.07) is 54.5. The molecule has 5 heterocycles. The Balaban J connectivity index is 0.00000449. The van der Waals surface area contributed by atoms with Crippen molar-refractivity contribution in [1.29, 1.82) is 0 Å². The molecule has 1 radical (unpaired) electrons. The van der Waals surface area contributed by atoms with Gasteiger partial charge in [-0.3, -0.25) is 0 Å². The van der Waals surface area contributed by atoms with Crippen molar-refractivity contribution in [3.8, 4) is 50.3 Å². The summed E-state index contributed by atoms with van der Waals surface area (Å²) < 4.78 is 6.18. The second-order valence-electron chi connectivity index (χ2n) is 14.7. The first-order chi connectivity index (χ1) is 28.5. The predicted molar refractivity (Wildman–Crippen MR) is 239 cm³/mol. The molecule has 10 rings (SSSR count). The fourth-order valence-electron chi connectivity index (χ4n) is 8.40. The number of methoxy groups -OCH3 is 1. The maximum Gasteiger partial charge on any atom is 2.00 e. The Bertz CT molecular complexity index is 3090. The van der Waals surface area contributed by atoms with Gasteiger partial charge in [-0.2, -0.15) is 0 Å². The van der Waals surface area contributed by atoms with Crippen LogP contribution >= 0.6 is 0 Å². The smallest absolute Gasteiger partial charge is 0.657 e. The molecule has 2 aliphatic heterocycles. The largest absolute Gasteiger partial charge is 2.00 e. The van der Waals surface area contributed by atoms with Gasteiger partial charge in [0.05, 0.1) is 29.9 Å². The van der Waals surface area contributed by atoms with Gasteiger partial charge in [-0.1, -0.05) is 152 Å². The third-order valence-corrected chi connectivity index (χ3v) is 10.9. The van der Waals surface area contributed by atoms with Crippen LogP contribution < -0.4 is 14.7 Å². The number of aromatic nitrogens is 4. The third kappa shape index (κ3) is 6.83. The van der Waals surface area contributed by atoms with Gasteiger partial charge in [0.25, 0.3) is 0 Å². The molecule has 3 aromatic heterocycles. The Morgan fingerprint density at radius 2 is 0.864 bits per heavy atom. The Labute approximate surface area is 354 Å². The first-order valence-electron chi connectivity index (χ1n) is 19.5. The van der Waals surface area contributed by atoms with E-state index >= 15 is 0 Å². The number of fused-ring (bicyclic) bond motifs is 8. The zero-order valence-electron chi connectivity index (χ0n) is 32.7. The number of rotatable bonds is 6. The first-order valence-corrected chi connectivity index (χ1v) is 19.5.